The van der Waals surface area contributed by atoms with E-state index in [9.17, 15) is 18.4 Å². The van der Waals surface area contributed by atoms with Gasteiger partial charge in [0.25, 0.3) is 5.91 Å². The molecule has 4 rings (SSSR count). The number of urea groups is 1. The van der Waals surface area contributed by atoms with Crippen LogP contribution in [0.1, 0.15) is 22.3 Å². The summed E-state index contributed by atoms with van der Waals surface area (Å²) in [5.41, 5.74) is 2.45. The summed E-state index contributed by atoms with van der Waals surface area (Å²) in [6.07, 6.45) is 0.977. The summed E-state index contributed by atoms with van der Waals surface area (Å²) in [5.74, 6) is -1.33. The van der Waals surface area contributed by atoms with Gasteiger partial charge in [-0.3, -0.25) is 4.79 Å². The number of hydrogen-bond donors (Lipinski definition) is 2. The van der Waals surface area contributed by atoms with Crippen LogP contribution in [0.5, 0.6) is 0 Å². The molecule has 3 aromatic carbocycles. The third kappa shape index (κ3) is 4.91. The van der Waals surface area contributed by atoms with Crippen molar-refractivity contribution >= 4 is 35.1 Å². The van der Waals surface area contributed by atoms with Gasteiger partial charge >= 0.3 is 6.03 Å². The molecule has 164 valence electrons. The van der Waals surface area contributed by atoms with E-state index in [0.717, 1.165) is 15.9 Å². The molecule has 5 nitrogen and oxygen atoms in total. The maximum atomic E-state index is 13.2. The predicted octanol–water partition coefficient (Wildman–Crippen LogP) is 5.46. The van der Waals surface area contributed by atoms with Gasteiger partial charge in [0, 0.05) is 35.1 Å². The van der Waals surface area contributed by atoms with Gasteiger partial charge in [-0.1, -0.05) is 23.9 Å². The van der Waals surface area contributed by atoms with E-state index in [1.165, 1.54) is 23.9 Å². The van der Waals surface area contributed by atoms with Crippen LogP contribution in [0.25, 0.3) is 0 Å². The van der Waals surface area contributed by atoms with Crippen molar-refractivity contribution < 1.29 is 18.4 Å². The second kappa shape index (κ2) is 9.40. The molecule has 0 fully saturated rings. The van der Waals surface area contributed by atoms with E-state index in [2.05, 4.69) is 10.6 Å². The van der Waals surface area contributed by atoms with E-state index < -0.39 is 17.7 Å². The molecule has 1 heterocycles. The number of anilines is 2. The van der Waals surface area contributed by atoms with Crippen molar-refractivity contribution in [1.82, 2.24) is 5.32 Å². The summed E-state index contributed by atoms with van der Waals surface area (Å²) < 4.78 is 26.5. The molecule has 0 saturated heterocycles. The minimum atomic E-state index is -0.612. The first kappa shape index (κ1) is 21.8. The van der Waals surface area contributed by atoms with Crippen LogP contribution >= 0.6 is 11.8 Å². The van der Waals surface area contributed by atoms with E-state index >= 15 is 0 Å². The number of halogens is 2. The Hall–Kier alpha value is -3.39. The molecule has 0 radical (unpaired) electrons. The smallest absolute Gasteiger partial charge is 0.319 e. The number of benzene rings is 3. The molecule has 0 aliphatic carbocycles. The monoisotopic (exact) mass is 453 g/mol. The van der Waals surface area contributed by atoms with Crippen LogP contribution in [-0.2, 0) is 6.42 Å². The van der Waals surface area contributed by atoms with E-state index in [-0.39, 0.29) is 5.91 Å². The standard InChI is InChI=1S/C24H21F2N3O2S/c1-29-20-14-18(8-9-22(20)32-21-7-3-2-6-19(21)23(29)30)28-24(31)27-10-4-5-15-11-16(25)13-17(26)12-15/h2-3,6-9,11-14H,4-5,10H2,1H3,(H2,27,28,31). The number of fused-ring (bicyclic) bond motifs is 2. The Kier molecular flexibility index (Phi) is 6.41. The van der Waals surface area contributed by atoms with E-state index in [1.807, 2.05) is 24.3 Å². The number of hydrogen-bond acceptors (Lipinski definition) is 3. The number of carbonyl (C=O) groups is 2. The summed E-state index contributed by atoms with van der Waals surface area (Å²) in [4.78, 5) is 28.5. The number of aryl methyl sites for hydroxylation is 1. The SMILES string of the molecule is CN1C(=O)c2ccccc2Sc2ccc(NC(=O)NCCCc3cc(F)cc(F)c3)cc21. The molecule has 2 N–H and O–H groups in total. The van der Waals surface area contributed by atoms with Gasteiger partial charge in [-0.15, -0.1) is 0 Å². The van der Waals surface area contributed by atoms with Gasteiger partial charge in [0.2, 0.25) is 0 Å². The highest BCUT2D eigenvalue weighted by Crippen LogP contribution is 2.41. The Morgan fingerprint density at radius 1 is 1.00 bits per heavy atom. The Morgan fingerprint density at radius 3 is 2.53 bits per heavy atom. The van der Waals surface area contributed by atoms with Crippen LogP contribution in [0.15, 0.2) is 70.5 Å². The average Bonchev–Trinajstić information content (AvgIpc) is 2.86. The number of amides is 3. The lowest BCUT2D eigenvalue weighted by Gasteiger charge is -2.18. The van der Waals surface area contributed by atoms with Crippen molar-refractivity contribution in [3.63, 3.8) is 0 Å². The fourth-order valence-corrected chi connectivity index (χ4v) is 4.59. The first-order chi connectivity index (χ1) is 15.4. The predicted molar refractivity (Wildman–Crippen MR) is 121 cm³/mol. The largest absolute Gasteiger partial charge is 0.338 e. The zero-order chi connectivity index (χ0) is 22.7. The van der Waals surface area contributed by atoms with Crippen molar-refractivity contribution in [3.05, 3.63) is 83.4 Å². The van der Waals surface area contributed by atoms with E-state index in [1.54, 1.807) is 30.1 Å². The van der Waals surface area contributed by atoms with Crippen LogP contribution < -0.4 is 15.5 Å². The number of nitrogens with zero attached hydrogens (tertiary/aromatic N) is 1. The van der Waals surface area contributed by atoms with Gasteiger partial charge in [0.1, 0.15) is 11.6 Å². The molecule has 0 bridgehead atoms. The van der Waals surface area contributed by atoms with Crippen LogP contribution in [0.4, 0.5) is 25.0 Å². The fraction of sp³-hybridized carbons (Fsp3) is 0.167. The van der Waals surface area contributed by atoms with Crippen LogP contribution in [0.2, 0.25) is 0 Å². The van der Waals surface area contributed by atoms with Gasteiger partial charge < -0.3 is 15.5 Å². The van der Waals surface area contributed by atoms with Gasteiger partial charge in [0.15, 0.2) is 0 Å². The van der Waals surface area contributed by atoms with Crippen molar-refractivity contribution in [3.8, 4) is 0 Å². The first-order valence-electron chi connectivity index (χ1n) is 10.1. The molecule has 8 heteroatoms. The number of nitrogens with one attached hydrogen (secondary N) is 2. The van der Waals surface area contributed by atoms with Crippen molar-refractivity contribution in [2.45, 2.75) is 22.6 Å². The highest BCUT2D eigenvalue weighted by atomic mass is 32.2. The van der Waals surface area contributed by atoms with Gasteiger partial charge in [-0.05, 0) is 60.9 Å². The molecule has 0 unspecified atom stereocenters. The maximum absolute atomic E-state index is 13.2. The number of rotatable bonds is 5. The molecule has 1 aliphatic heterocycles. The summed E-state index contributed by atoms with van der Waals surface area (Å²) in [7, 11) is 1.71. The van der Waals surface area contributed by atoms with Gasteiger partial charge in [-0.2, -0.15) is 0 Å². The molecule has 0 saturated carbocycles. The van der Waals surface area contributed by atoms with Crippen molar-refractivity contribution in [2.75, 3.05) is 23.8 Å². The summed E-state index contributed by atoms with van der Waals surface area (Å²) in [6.45, 7) is 0.346. The lowest BCUT2D eigenvalue weighted by molar-refractivity contribution is 0.0990. The zero-order valence-electron chi connectivity index (χ0n) is 17.3. The third-order valence-electron chi connectivity index (χ3n) is 5.07. The highest BCUT2D eigenvalue weighted by Gasteiger charge is 2.24. The molecular weight excluding hydrogens is 432 g/mol. The minimum Gasteiger partial charge on any atom is -0.338 e. The molecule has 0 atom stereocenters. The van der Waals surface area contributed by atoms with Gasteiger partial charge in [-0.25, -0.2) is 13.6 Å². The Morgan fingerprint density at radius 2 is 1.75 bits per heavy atom. The highest BCUT2D eigenvalue weighted by molar-refractivity contribution is 7.99. The van der Waals surface area contributed by atoms with Crippen LogP contribution in [-0.4, -0.2) is 25.5 Å². The topological polar surface area (TPSA) is 61.4 Å². The first-order valence-corrected chi connectivity index (χ1v) is 10.9. The van der Waals surface area contributed by atoms with Crippen molar-refractivity contribution in [2.24, 2.45) is 0 Å². The molecule has 32 heavy (non-hydrogen) atoms. The summed E-state index contributed by atoms with van der Waals surface area (Å²) in [5, 5.41) is 5.50. The van der Waals surface area contributed by atoms with Crippen molar-refractivity contribution in [1.29, 1.82) is 0 Å². The van der Waals surface area contributed by atoms with Crippen LogP contribution in [0.3, 0.4) is 0 Å². The molecule has 1 aliphatic rings. The maximum Gasteiger partial charge on any atom is 0.319 e. The van der Waals surface area contributed by atoms with Gasteiger partial charge in [0.05, 0.1) is 11.3 Å². The third-order valence-corrected chi connectivity index (χ3v) is 6.21. The summed E-state index contributed by atoms with van der Waals surface area (Å²) >= 11 is 1.51. The number of carbonyl (C=O) groups excluding carboxylic acids is 2. The molecule has 3 aromatic rings. The Labute approximate surface area is 188 Å². The quantitative estimate of drug-likeness (QED) is 0.505. The Bertz CT molecular complexity index is 1170. The average molecular weight is 454 g/mol. The second-order valence-corrected chi connectivity index (χ2v) is 8.49. The zero-order valence-corrected chi connectivity index (χ0v) is 18.1. The fourth-order valence-electron chi connectivity index (χ4n) is 3.51. The second-order valence-electron chi connectivity index (χ2n) is 7.41. The summed E-state index contributed by atoms with van der Waals surface area (Å²) in [6, 6.07) is 15.9. The lowest BCUT2D eigenvalue weighted by atomic mass is 10.1. The molecule has 0 spiro atoms. The van der Waals surface area contributed by atoms with Crippen LogP contribution in [0, 0.1) is 11.6 Å². The molecule has 3 amide bonds. The molecular formula is C24H21F2N3O2S. The lowest BCUT2D eigenvalue weighted by Crippen LogP contribution is -2.30. The van der Waals surface area contributed by atoms with E-state index in [0.29, 0.717) is 41.9 Å². The molecule has 0 aromatic heterocycles. The normalized spacial score (nSPS) is 12.6. The Balaban J connectivity index is 1.36. The minimum absolute atomic E-state index is 0.109. The van der Waals surface area contributed by atoms with E-state index in [4.69, 9.17) is 0 Å².